The summed E-state index contributed by atoms with van der Waals surface area (Å²) in [6.45, 7) is 0.896. The molecule has 1 aromatic carbocycles. The summed E-state index contributed by atoms with van der Waals surface area (Å²) < 4.78 is 0. The van der Waals surface area contributed by atoms with Crippen molar-refractivity contribution in [3.05, 3.63) is 36.2 Å². The molecule has 2 bridgehead atoms. The van der Waals surface area contributed by atoms with Gasteiger partial charge in [-0.25, -0.2) is 0 Å². The molecule has 19 heavy (non-hydrogen) atoms. The van der Waals surface area contributed by atoms with Gasteiger partial charge in [-0.2, -0.15) is 11.8 Å². The fourth-order valence-electron chi connectivity index (χ4n) is 2.91. The number of hydrogen-bond donors (Lipinski definition) is 0. The summed E-state index contributed by atoms with van der Waals surface area (Å²) in [7, 11) is 0. The van der Waals surface area contributed by atoms with Crippen LogP contribution in [0.1, 0.15) is 16.8 Å². The number of amides is 1. The highest BCUT2D eigenvalue weighted by Gasteiger charge is 2.41. The molecular weight excluding hydrogens is 258 g/mol. The summed E-state index contributed by atoms with van der Waals surface area (Å²) in [5, 5.41) is 0.647. The third kappa shape index (κ3) is 1.80. The van der Waals surface area contributed by atoms with Gasteiger partial charge in [0.1, 0.15) is 0 Å². The molecule has 0 saturated carbocycles. The molecule has 2 fully saturated rings. The molecule has 96 valence electrons. The molecular formula is C14H13N3OS. The Morgan fingerprint density at radius 3 is 2.84 bits per heavy atom. The number of nitrogens with zero attached hydrogens (tertiary/aromatic N) is 3. The second-order valence-electron chi connectivity index (χ2n) is 5.06. The van der Waals surface area contributed by atoms with Gasteiger partial charge in [0.25, 0.3) is 5.91 Å². The minimum atomic E-state index is 0.139. The fraction of sp³-hybridized carbons (Fsp3) is 0.357. The molecule has 2 saturated heterocycles. The van der Waals surface area contributed by atoms with Crippen molar-refractivity contribution in [3.8, 4) is 0 Å². The molecule has 0 unspecified atom stereocenters. The molecule has 0 radical (unpaired) electrons. The van der Waals surface area contributed by atoms with E-state index in [0.29, 0.717) is 11.3 Å². The number of carbonyl (C=O) groups excluding carboxylic acids is 1. The zero-order valence-corrected chi connectivity index (χ0v) is 11.1. The molecule has 0 N–H and O–H groups in total. The summed E-state index contributed by atoms with van der Waals surface area (Å²) in [5.74, 6) is 1.23. The lowest BCUT2D eigenvalue weighted by atomic mass is 10.1. The Bertz CT molecular complexity index is 660. The Kier molecular flexibility index (Phi) is 2.48. The van der Waals surface area contributed by atoms with Crippen molar-refractivity contribution in [1.82, 2.24) is 14.9 Å². The maximum absolute atomic E-state index is 12.5. The third-order valence-electron chi connectivity index (χ3n) is 3.88. The maximum atomic E-state index is 12.5. The highest BCUT2D eigenvalue weighted by Crippen LogP contribution is 2.38. The van der Waals surface area contributed by atoms with Gasteiger partial charge in [-0.15, -0.1) is 0 Å². The highest BCUT2D eigenvalue weighted by molar-refractivity contribution is 8.00. The van der Waals surface area contributed by atoms with Crippen molar-refractivity contribution in [1.29, 1.82) is 0 Å². The quantitative estimate of drug-likeness (QED) is 0.795. The number of likely N-dealkylation sites (tertiary alicyclic amines) is 1. The van der Waals surface area contributed by atoms with E-state index in [4.69, 9.17) is 0 Å². The summed E-state index contributed by atoms with van der Waals surface area (Å²) in [5.41, 5.74) is 2.34. The standard InChI is InChI=1S/C14H13N3OS/c18-14(17-7-11-6-10(17)8-19-11)9-1-2-12-13(5-9)16-4-3-15-12/h1-5,10-11H,6-8H2/t10-,11+/m0/s1. The van der Waals surface area contributed by atoms with E-state index in [1.165, 1.54) is 0 Å². The van der Waals surface area contributed by atoms with Crippen molar-refractivity contribution >= 4 is 28.7 Å². The van der Waals surface area contributed by atoms with Crippen LogP contribution in [0.15, 0.2) is 30.6 Å². The first kappa shape index (κ1) is 11.2. The largest absolute Gasteiger partial charge is 0.334 e. The maximum Gasteiger partial charge on any atom is 0.254 e. The van der Waals surface area contributed by atoms with Crippen LogP contribution in [0.25, 0.3) is 11.0 Å². The molecule has 4 rings (SSSR count). The Balaban J connectivity index is 1.68. The molecule has 1 aromatic heterocycles. The number of rotatable bonds is 1. The lowest BCUT2D eigenvalue weighted by Gasteiger charge is -2.26. The number of aromatic nitrogens is 2. The Hall–Kier alpha value is -1.62. The normalized spacial score (nSPS) is 25.2. The average molecular weight is 271 g/mol. The molecule has 2 aromatic rings. The first-order chi connectivity index (χ1) is 9.31. The summed E-state index contributed by atoms with van der Waals surface area (Å²) in [4.78, 5) is 23.1. The van der Waals surface area contributed by atoms with Crippen LogP contribution in [-0.4, -0.2) is 44.4 Å². The summed E-state index contributed by atoms with van der Waals surface area (Å²) in [6.07, 6.45) is 4.48. The highest BCUT2D eigenvalue weighted by atomic mass is 32.2. The van der Waals surface area contributed by atoms with E-state index in [2.05, 4.69) is 9.97 Å². The molecule has 4 nitrogen and oxygen atoms in total. The van der Waals surface area contributed by atoms with E-state index >= 15 is 0 Å². The first-order valence-corrected chi connectivity index (χ1v) is 7.49. The lowest BCUT2D eigenvalue weighted by molar-refractivity contribution is 0.0747. The van der Waals surface area contributed by atoms with Crippen molar-refractivity contribution in [2.45, 2.75) is 17.7 Å². The lowest BCUT2D eigenvalue weighted by Crippen LogP contribution is -2.39. The Labute approximate surface area is 115 Å². The zero-order chi connectivity index (χ0) is 12.8. The van der Waals surface area contributed by atoms with Crippen molar-refractivity contribution < 1.29 is 4.79 Å². The third-order valence-corrected chi connectivity index (χ3v) is 5.27. The van der Waals surface area contributed by atoms with Gasteiger partial charge in [0.2, 0.25) is 0 Å². The molecule has 2 aliphatic rings. The Morgan fingerprint density at radius 2 is 2.11 bits per heavy atom. The first-order valence-electron chi connectivity index (χ1n) is 6.44. The van der Waals surface area contributed by atoms with Crippen LogP contribution in [0.3, 0.4) is 0 Å². The van der Waals surface area contributed by atoms with Gasteiger partial charge in [0, 0.05) is 41.5 Å². The monoisotopic (exact) mass is 271 g/mol. The topological polar surface area (TPSA) is 46.1 Å². The van der Waals surface area contributed by atoms with Crippen molar-refractivity contribution in [2.75, 3.05) is 12.3 Å². The second-order valence-corrected chi connectivity index (χ2v) is 6.40. The average Bonchev–Trinajstić information content (AvgIpc) is 3.08. The zero-order valence-electron chi connectivity index (χ0n) is 10.3. The second kappa shape index (κ2) is 4.20. The van der Waals surface area contributed by atoms with Crippen LogP contribution in [0.2, 0.25) is 0 Å². The van der Waals surface area contributed by atoms with E-state index in [-0.39, 0.29) is 5.91 Å². The van der Waals surface area contributed by atoms with Gasteiger partial charge < -0.3 is 4.90 Å². The van der Waals surface area contributed by atoms with E-state index in [1.54, 1.807) is 12.4 Å². The molecule has 2 atom stereocenters. The van der Waals surface area contributed by atoms with Crippen LogP contribution < -0.4 is 0 Å². The minimum absolute atomic E-state index is 0.139. The fourth-order valence-corrected chi connectivity index (χ4v) is 4.35. The van der Waals surface area contributed by atoms with E-state index in [9.17, 15) is 4.79 Å². The predicted octanol–water partition coefficient (Wildman–Crippen LogP) is 1.96. The molecule has 0 aliphatic carbocycles. The Morgan fingerprint density at radius 1 is 1.26 bits per heavy atom. The van der Waals surface area contributed by atoms with Crippen LogP contribution in [0.5, 0.6) is 0 Å². The molecule has 0 spiro atoms. The van der Waals surface area contributed by atoms with Crippen molar-refractivity contribution in [3.63, 3.8) is 0 Å². The number of benzene rings is 1. The number of hydrogen-bond acceptors (Lipinski definition) is 4. The van der Waals surface area contributed by atoms with Gasteiger partial charge in [-0.3, -0.25) is 14.8 Å². The van der Waals surface area contributed by atoms with E-state index < -0.39 is 0 Å². The van der Waals surface area contributed by atoms with Gasteiger partial charge in [-0.1, -0.05) is 0 Å². The molecule has 2 aliphatic heterocycles. The van der Waals surface area contributed by atoms with Gasteiger partial charge in [0.05, 0.1) is 11.0 Å². The van der Waals surface area contributed by atoms with Crippen LogP contribution in [0, 0.1) is 0 Å². The minimum Gasteiger partial charge on any atom is -0.334 e. The van der Waals surface area contributed by atoms with Gasteiger partial charge in [0.15, 0.2) is 0 Å². The number of thioether (sulfide) groups is 1. The van der Waals surface area contributed by atoms with E-state index in [1.807, 2.05) is 34.9 Å². The molecule has 5 heteroatoms. The van der Waals surface area contributed by atoms with E-state index in [0.717, 1.165) is 35.3 Å². The van der Waals surface area contributed by atoms with Crippen LogP contribution in [0.4, 0.5) is 0 Å². The van der Waals surface area contributed by atoms with Crippen LogP contribution in [-0.2, 0) is 0 Å². The molecule has 1 amide bonds. The van der Waals surface area contributed by atoms with Crippen LogP contribution >= 0.6 is 11.8 Å². The predicted molar refractivity (Wildman–Crippen MR) is 75.2 cm³/mol. The van der Waals surface area contributed by atoms with Gasteiger partial charge >= 0.3 is 0 Å². The smallest absolute Gasteiger partial charge is 0.254 e. The summed E-state index contributed by atoms with van der Waals surface area (Å²) in [6, 6.07) is 6.01. The molecule has 3 heterocycles. The van der Waals surface area contributed by atoms with Crippen molar-refractivity contribution in [2.24, 2.45) is 0 Å². The van der Waals surface area contributed by atoms with Gasteiger partial charge in [-0.05, 0) is 24.6 Å². The summed E-state index contributed by atoms with van der Waals surface area (Å²) >= 11 is 1.99. The SMILES string of the molecule is O=C(c1ccc2nccnc2c1)N1C[C@H]2C[C@H]1CS2. The number of carbonyl (C=O) groups is 1. The number of fused-ring (bicyclic) bond motifs is 3.